The van der Waals surface area contributed by atoms with Gasteiger partial charge in [0.2, 0.25) is 0 Å². The molecule has 2 aromatic heterocycles. The number of hydrogen-bond donors (Lipinski definition) is 0. The number of aromatic nitrogens is 6. The molecule has 0 radical (unpaired) electrons. The van der Waals surface area contributed by atoms with Crippen LogP contribution in [0, 0.1) is 0 Å². The van der Waals surface area contributed by atoms with Gasteiger partial charge < -0.3 is 18.8 Å². The van der Waals surface area contributed by atoms with Crippen LogP contribution in [0.2, 0.25) is 0 Å². The van der Waals surface area contributed by atoms with Gasteiger partial charge >= 0.3 is 7.12 Å². The number of ether oxygens (including phenoxy) is 2. The van der Waals surface area contributed by atoms with Crippen LogP contribution in [0.3, 0.4) is 0 Å². The highest BCUT2D eigenvalue weighted by molar-refractivity contribution is 9.10. The average Bonchev–Trinajstić information content (AvgIpc) is 1.51. The van der Waals surface area contributed by atoms with Gasteiger partial charge in [0.25, 0.3) is 0 Å². The highest BCUT2D eigenvalue weighted by atomic mass is 79.9. The largest absolute Gasteiger partial charge is 0.534 e. The van der Waals surface area contributed by atoms with Crippen LogP contribution >= 0.6 is 15.9 Å². The summed E-state index contributed by atoms with van der Waals surface area (Å²) in [6, 6.07) is 131. The summed E-state index contributed by atoms with van der Waals surface area (Å²) in [5.41, 5.74) is 22.4. The monoisotopic (exact) mass is 1580 g/mol. The molecule has 0 atom stereocenters. The van der Waals surface area contributed by atoms with Gasteiger partial charge in [-0.1, -0.05) is 362 Å². The summed E-state index contributed by atoms with van der Waals surface area (Å²) in [7, 11) is -0.677. The Morgan fingerprint density at radius 1 is 0.237 bits per heavy atom. The Bertz CT molecular complexity index is 6880. The fourth-order valence-electron chi connectivity index (χ4n) is 18.1. The van der Waals surface area contributed by atoms with E-state index in [1.807, 2.05) is 100 Å². The molecule has 0 N–H and O–H groups in total. The molecule has 10 nitrogen and oxygen atoms in total. The molecule has 16 aromatic carbocycles. The molecule has 0 unspecified atom stereocenters. The normalized spacial score (nSPS) is 14.5. The van der Waals surface area contributed by atoms with Crippen molar-refractivity contribution in [3.8, 4) is 124 Å². The lowest BCUT2D eigenvalue weighted by atomic mass is 9.66. The zero-order valence-electron chi connectivity index (χ0n) is 65.1. The van der Waals surface area contributed by atoms with Gasteiger partial charge in [0.1, 0.15) is 23.0 Å². The summed E-state index contributed by atoms with van der Waals surface area (Å²) in [6.45, 7) is 8.11. The van der Waals surface area contributed by atoms with Crippen molar-refractivity contribution in [2.75, 3.05) is 0 Å². The zero-order chi connectivity index (χ0) is 79.3. The molecule has 23 rings (SSSR count). The fraction of sp³-hybridized carbons (Fsp3) is 0.0755. The quantitative estimate of drug-likeness (QED) is 0.136. The van der Waals surface area contributed by atoms with Crippen LogP contribution in [0.4, 0.5) is 0 Å². The number of fused-ring (bicyclic) bond motifs is 20. The Labute approximate surface area is 693 Å². The molecular formula is C106H74BBrN6O4. The summed E-state index contributed by atoms with van der Waals surface area (Å²) < 4.78 is 26.6. The van der Waals surface area contributed by atoms with Crippen molar-refractivity contribution in [3.05, 3.63) is 425 Å². The molecular weight excluding hydrogens is 1510 g/mol. The van der Waals surface area contributed by atoms with Crippen LogP contribution in [0.1, 0.15) is 72.2 Å². The Morgan fingerprint density at radius 2 is 0.534 bits per heavy atom. The van der Waals surface area contributed by atoms with Crippen molar-refractivity contribution in [1.82, 2.24) is 29.9 Å². The van der Waals surface area contributed by atoms with Crippen LogP contribution in [-0.2, 0) is 20.1 Å². The van der Waals surface area contributed by atoms with Crippen LogP contribution < -0.4 is 15.2 Å². The second-order valence-corrected chi connectivity index (χ2v) is 32.2. The molecule has 1 fully saturated rings. The molecule has 18 aromatic rings. The van der Waals surface area contributed by atoms with Crippen molar-refractivity contribution in [3.63, 3.8) is 0 Å². The van der Waals surface area contributed by atoms with Gasteiger partial charge in [-0.2, -0.15) is 0 Å². The maximum Gasteiger partial charge on any atom is 0.534 e. The molecule has 118 heavy (non-hydrogen) atoms. The van der Waals surface area contributed by atoms with Gasteiger partial charge in [0.15, 0.2) is 34.8 Å². The van der Waals surface area contributed by atoms with E-state index in [-0.39, 0.29) is 5.41 Å². The summed E-state index contributed by atoms with van der Waals surface area (Å²) in [5, 5.41) is 4.90. The van der Waals surface area contributed by atoms with Gasteiger partial charge in [-0.15, -0.1) is 0 Å². The van der Waals surface area contributed by atoms with E-state index in [2.05, 4.69) is 319 Å². The van der Waals surface area contributed by atoms with E-state index in [0.29, 0.717) is 34.8 Å². The minimum atomic E-state index is -0.677. The standard InChI is InChI=1S/C50H31N3O.C31H28BN3O2.C25H15BrO/c1-2-15-34(16-3-1)47-51-48(35-30-28-33(29-31-35)37-20-12-17-32-14-4-5-18-36(32)37)53-49(52-47)39-21-13-25-43-46(39)38-19-6-7-22-40(38)50(43)41-23-8-10-26-44(41)54-45-27-11-9-24-42(45)50;1-30(2)31(3,4)37-32(36-30)29-34-27(23-12-6-5-7-13-23)33-28(35-29)24-19-17-22(18-20-24)26-16-10-14-21-11-8-9-15-25(21)26;26-21-13-7-12-20-24(21)16-8-1-2-9-17(16)25(20)18-10-3-5-14-22(18)27-23-15-6-4-11-19(23)25/h1-31H;5-20H,1-4H3;1-15H. The van der Waals surface area contributed by atoms with Crippen LogP contribution in [-0.4, -0.2) is 48.2 Å². The molecule has 12 heteroatoms. The SMILES string of the molecule is Brc1cccc2c1-c1ccccc1C21c2ccccc2Oc2ccccc21.CC1(C)OB(c2nc(-c3ccccc3)nc(-c3ccc(-c4cccc5ccccc45)cc3)n2)OC1(C)C.c1ccc(-c2nc(-c3ccc(-c4cccc5ccccc45)cc3)nc(-c3cccc4c3-c3ccccc3C43c4ccccc4Oc4ccccc43)n2)cc1. The fourth-order valence-corrected chi connectivity index (χ4v) is 18.7. The highest BCUT2D eigenvalue weighted by Gasteiger charge is 2.55. The Kier molecular flexibility index (Phi) is 17.6. The molecule has 0 bridgehead atoms. The van der Waals surface area contributed by atoms with Gasteiger partial charge in [-0.25, -0.2) is 29.9 Å². The second kappa shape index (κ2) is 28.8. The number of para-hydroxylation sites is 4. The summed E-state index contributed by atoms with van der Waals surface area (Å²) >= 11 is 3.82. The van der Waals surface area contributed by atoms with Gasteiger partial charge in [-0.05, 0) is 141 Å². The lowest BCUT2D eigenvalue weighted by Crippen LogP contribution is -2.41. The minimum absolute atomic E-state index is 0.360. The van der Waals surface area contributed by atoms with Crippen LogP contribution in [0.5, 0.6) is 23.0 Å². The molecule has 5 heterocycles. The lowest BCUT2D eigenvalue weighted by Gasteiger charge is -2.39. The third kappa shape index (κ3) is 11.8. The highest BCUT2D eigenvalue weighted by Crippen LogP contribution is 2.65. The number of benzene rings is 16. The van der Waals surface area contributed by atoms with Gasteiger partial charge in [0.05, 0.1) is 22.0 Å². The third-order valence-electron chi connectivity index (χ3n) is 24.2. The van der Waals surface area contributed by atoms with Crippen molar-refractivity contribution in [2.24, 2.45) is 0 Å². The number of halogens is 1. The van der Waals surface area contributed by atoms with E-state index >= 15 is 0 Å². The predicted molar refractivity (Wildman–Crippen MR) is 477 cm³/mol. The van der Waals surface area contributed by atoms with Gasteiger partial charge in [-0.3, -0.25) is 0 Å². The zero-order valence-corrected chi connectivity index (χ0v) is 66.7. The first-order valence-corrected chi connectivity index (χ1v) is 40.7. The van der Waals surface area contributed by atoms with E-state index in [4.69, 9.17) is 48.7 Å². The smallest absolute Gasteiger partial charge is 0.457 e. The number of hydrogen-bond acceptors (Lipinski definition) is 10. The third-order valence-corrected chi connectivity index (χ3v) is 24.9. The maximum absolute atomic E-state index is 6.56. The minimum Gasteiger partial charge on any atom is -0.457 e. The van der Waals surface area contributed by atoms with E-state index < -0.39 is 23.7 Å². The Morgan fingerprint density at radius 3 is 0.983 bits per heavy atom. The molecule has 0 saturated carbocycles. The molecule has 1 saturated heterocycles. The summed E-state index contributed by atoms with van der Waals surface area (Å²) in [5.74, 6) is 6.66. The molecule has 2 aliphatic carbocycles. The lowest BCUT2D eigenvalue weighted by molar-refractivity contribution is 0.00578. The van der Waals surface area contributed by atoms with E-state index in [9.17, 15) is 0 Å². The predicted octanol–water partition coefficient (Wildman–Crippen LogP) is 25.4. The van der Waals surface area contributed by atoms with E-state index in [1.165, 1.54) is 77.2 Å². The van der Waals surface area contributed by atoms with E-state index in [0.717, 1.165) is 88.7 Å². The molecule has 0 amide bonds. The maximum atomic E-state index is 6.56. The number of nitrogens with zero attached hydrogens (tertiary/aromatic N) is 6. The summed E-state index contributed by atoms with van der Waals surface area (Å²) in [6.07, 6.45) is 0. The average molecular weight is 1590 g/mol. The first kappa shape index (κ1) is 71.9. The topological polar surface area (TPSA) is 114 Å². The van der Waals surface area contributed by atoms with Crippen molar-refractivity contribution in [1.29, 1.82) is 0 Å². The molecule has 5 aliphatic rings. The Hall–Kier alpha value is -13.9. The number of rotatable bonds is 8. The van der Waals surface area contributed by atoms with E-state index in [1.54, 1.807) is 0 Å². The van der Waals surface area contributed by atoms with Gasteiger partial charge in [0, 0.05) is 60.1 Å². The van der Waals surface area contributed by atoms with Crippen molar-refractivity contribution < 1.29 is 18.8 Å². The van der Waals surface area contributed by atoms with Crippen molar-refractivity contribution >= 4 is 50.3 Å². The molecule has 2 spiro atoms. The Balaban J connectivity index is 0.000000117. The van der Waals surface area contributed by atoms with Crippen LogP contribution in [0.25, 0.3) is 123 Å². The second-order valence-electron chi connectivity index (χ2n) is 31.3. The summed E-state index contributed by atoms with van der Waals surface area (Å²) in [4.78, 5) is 30.0. The van der Waals surface area contributed by atoms with Crippen LogP contribution in [0.15, 0.2) is 381 Å². The first-order valence-electron chi connectivity index (χ1n) is 39.9. The van der Waals surface area contributed by atoms with Crippen molar-refractivity contribution in [2.45, 2.75) is 49.7 Å². The molecule has 562 valence electrons. The first-order chi connectivity index (χ1) is 57.9. The molecule has 3 aliphatic heterocycles.